The Morgan fingerprint density at radius 1 is 0.667 bits per heavy atom. The van der Waals surface area contributed by atoms with Crippen molar-refractivity contribution in [2.24, 2.45) is 9.98 Å². The van der Waals surface area contributed by atoms with Gasteiger partial charge in [-0.25, -0.2) is 0 Å². The zero-order valence-corrected chi connectivity index (χ0v) is 45.8. The highest BCUT2D eigenvalue weighted by Gasteiger charge is 2.36. The van der Waals surface area contributed by atoms with Crippen molar-refractivity contribution in [3.63, 3.8) is 0 Å². The molecule has 406 valence electrons. The summed E-state index contributed by atoms with van der Waals surface area (Å²) >= 11 is 1.86. The third-order valence-corrected chi connectivity index (χ3v) is 14.5. The lowest BCUT2D eigenvalue weighted by molar-refractivity contribution is -0.118. The van der Waals surface area contributed by atoms with Crippen molar-refractivity contribution in [2.75, 3.05) is 113 Å². The van der Waals surface area contributed by atoms with Crippen molar-refractivity contribution >= 4 is 53.2 Å². The number of allylic oxidation sites excluding steroid dienone is 2. The van der Waals surface area contributed by atoms with Crippen LogP contribution in [-0.4, -0.2) is 174 Å². The minimum Gasteiger partial charge on any atom is -0.493 e. The van der Waals surface area contributed by atoms with E-state index in [4.69, 9.17) is 52.6 Å². The van der Waals surface area contributed by atoms with Crippen LogP contribution in [0.3, 0.4) is 0 Å². The zero-order valence-electron chi connectivity index (χ0n) is 45.0. The molecule has 0 aliphatic carbocycles. The highest BCUT2D eigenvalue weighted by atomic mass is 32.2. The predicted octanol–water partition coefficient (Wildman–Crippen LogP) is 8.48. The van der Waals surface area contributed by atoms with Crippen LogP contribution < -0.4 is 23.7 Å². The molecule has 0 saturated carbocycles. The molecule has 2 atom stereocenters. The molecule has 3 aromatic carbocycles. The molecule has 0 bridgehead atoms. The SMILES string of the molecule is C/C=C1\C[C@H]2C=Nc3cc(OCc4cc(COc5cc6c(cc5OC)C(=O)N5C/C(=C/C)C[C@H]5C=N6)cc(OCCN(C)CC(C)(C)SCCOCCOCCOCCOCCC(C)=O)c4)c(OC)cc3C(=O)N2C1. The predicted molar refractivity (Wildman–Crippen MR) is 292 cm³/mol. The van der Waals surface area contributed by atoms with Gasteiger partial charge in [0.15, 0.2) is 23.0 Å². The molecule has 18 heteroatoms. The van der Waals surface area contributed by atoms with Gasteiger partial charge in [-0.05, 0) is 96.0 Å². The van der Waals surface area contributed by atoms with E-state index in [9.17, 15) is 14.4 Å². The molecule has 0 N–H and O–H groups in total. The normalized spacial score (nSPS) is 18.0. The first-order valence-corrected chi connectivity index (χ1v) is 26.8. The number of hydrogen-bond donors (Lipinski definition) is 0. The second-order valence-corrected chi connectivity index (χ2v) is 21.4. The number of nitrogens with zero attached hydrogens (tertiary/aromatic N) is 5. The number of aliphatic imine (C=N–C) groups is 2. The molecule has 17 nitrogen and oxygen atoms in total. The van der Waals surface area contributed by atoms with Crippen LogP contribution in [0.25, 0.3) is 0 Å². The maximum atomic E-state index is 13.8. The summed E-state index contributed by atoms with van der Waals surface area (Å²) < 4.78 is 53.2. The van der Waals surface area contributed by atoms with Gasteiger partial charge in [-0.15, -0.1) is 0 Å². The van der Waals surface area contributed by atoms with Crippen LogP contribution in [-0.2, 0) is 37.0 Å². The summed E-state index contributed by atoms with van der Waals surface area (Å²) in [5, 5.41) is 0. The summed E-state index contributed by atoms with van der Waals surface area (Å²) in [7, 11) is 5.22. The molecule has 4 aliphatic heterocycles. The van der Waals surface area contributed by atoms with Crippen molar-refractivity contribution in [1.29, 1.82) is 0 Å². The van der Waals surface area contributed by atoms with Crippen LogP contribution in [0.2, 0.25) is 0 Å². The summed E-state index contributed by atoms with van der Waals surface area (Å²) in [6.45, 7) is 17.4. The van der Waals surface area contributed by atoms with E-state index < -0.39 is 0 Å². The maximum absolute atomic E-state index is 13.8. The fourth-order valence-electron chi connectivity index (χ4n) is 9.28. The minimum absolute atomic E-state index is 0.0343. The van der Waals surface area contributed by atoms with E-state index in [1.807, 2.05) is 66.0 Å². The van der Waals surface area contributed by atoms with Gasteiger partial charge in [0.05, 0.1) is 102 Å². The molecule has 0 unspecified atom stereocenters. The molecule has 2 fully saturated rings. The standard InChI is InChI=1S/C57H75N5O12S/c1-9-40-24-44-32-58-49-30-53(51(66-7)28-47(49)55(64)61(44)34-40)73-36-42-23-43(37-74-54-31-50-48(29-52(54)67-8)56(65)62-35-41(10-2)25-45(62)33-59-50)27-46(26-42)72-14-12-60(6)38-57(4,5)75-22-21-71-20-19-70-18-17-69-16-15-68-13-11-39(3)63/h9-10,23,26-33,44-45H,11-22,24-25,34-38H2,1-8H3/b40-9+,41-10+/t44-,45-/m0/s1. The first kappa shape index (κ1) is 57.0. The van der Waals surface area contributed by atoms with Gasteiger partial charge in [-0.1, -0.05) is 23.3 Å². The van der Waals surface area contributed by atoms with Gasteiger partial charge >= 0.3 is 0 Å². The van der Waals surface area contributed by atoms with Gasteiger partial charge < -0.3 is 57.3 Å². The molecule has 2 amide bonds. The van der Waals surface area contributed by atoms with Crippen LogP contribution in [0.1, 0.15) is 85.7 Å². The lowest BCUT2D eigenvalue weighted by Crippen LogP contribution is -2.36. The Kier molecular flexibility index (Phi) is 21.2. The van der Waals surface area contributed by atoms with Crippen LogP contribution in [0.15, 0.2) is 75.7 Å². The van der Waals surface area contributed by atoms with Crippen molar-refractivity contribution < 1.29 is 57.0 Å². The summed E-state index contributed by atoms with van der Waals surface area (Å²) in [4.78, 5) is 54.0. The zero-order chi connectivity index (χ0) is 53.3. The van der Waals surface area contributed by atoms with E-state index >= 15 is 0 Å². The van der Waals surface area contributed by atoms with Crippen molar-refractivity contribution in [1.82, 2.24) is 14.7 Å². The number of hydrogen-bond acceptors (Lipinski definition) is 16. The van der Waals surface area contributed by atoms with Crippen molar-refractivity contribution in [2.45, 2.75) is 83.9 Å². The van der Waals surface area contributed by atoms with E-state index in [1.54, 1.807) is 45.4 Å². The average Bonchev–Trinajstić information content (AvgIpc) is 3.97. The van der Waals surface area contributed by atoms with Crippen molar-refractivity contribution in [3.8, 4) is 28.7 Å². The molecular formula is C57H75N5O12S. The summed E-state index contributed by atoms with van der Waals surface area (Å²) in [5.74, 6) is 3.20. The molecule has 0 radical (unpaired) electrons. The number of carbonyl (C=O) groups is 3. The quantitative estimate of drug-likeness (QED) is 0.0460. The van der Waals surface area contributed by atoms with Crippen LogP contribution in [0.5, 0.6) is 28.7 Å². The largest absolute Gasteiger partial charge is 0.493 e. The van der Waals surface area contributed by atoms with Gasteiger partial charge in [-0.3, -0.25) is 24.4 Å². The first-order chi connectivity index (χ1) is 36.3. The Morgan fingerprint density at radius 2 is 1.15 bits per heavy atom. The van der Waals surface area contributed by atoms with E-state index in [-0.39, 0.29) is 47.6 Å². The van der Waals surface area contributed by atoms with Crippen LogP contribution in [0, 0.1) is 0 Å². The summed E-state index contributed by atoms with van der Waals surface area (Å²) in [6, 6.07) is 12.7. The van der Waals surface area contributed by atoms with Gasteiger partial charge in [0.25, 0.3) is 11.8 Å². The number of carbonyl (C=O) groups excluding carboxylic acids is 3. The first-order valence-electron chi connectivity index (χ1n) is 25.8. The van der Waals surface area contributed by atoms with E-state index in [0.717, 1.165) is 36.3 Å². The lowest BCUT2D eigenvalue weighted by atomic mass is 10.1. The number of benzene rings is 3. The van der Waals surface area contributed by atoms with E-state index in [2.05, 4.69) is 37.9 Å². The minimum atomic E-state index is -0.102. The number of rotatable bonds is 30. The third kappa shape index (κ3) is 16.1. The smallest absolute Gasteiger partial charge is 0.257 e. The molecule has 75 heavy (non-hydrogen) atoms. The van der Waals surface area contributed by atoms with Gasteiger partial charge in [0.2, 0.25) is 0 Å². The fourth-order valence-corrected chi connectivity index (χ4v) is 10.3. The van der Waals surface area contributed by atoms with E-state index in [1.165, 1.54) is 11.1 Å². The van der Waals surface area contributed by atoms with Gasteiger partial charge in [-0.2, -0.15) is 11.8 Å². The Labute approximate surface area is 446 Å². The Bertz CT molecular complexity index is 2450. The van der Waals surface area contributed by atoms with Crippen molar-refractivity contribution in [3.05, 3.63) is 88.0 Å². The van der Waals surface area contributed by atoms with Crippen LogP contribution >= 0.6 is 11.8 Å². The third-order valence-electron chi connectivity index (χ3n) is 13.3. The van der Waals surface area contributed by atoms with Gasteiger partial charge in [0.1, 0.15) is 31.4 Å². The highest BCUT2D eigenvalue weighted by molar-refractivity contribution is 8.00. The molecule has 2 saturated heterocycles. The molecule has 3 aromatic rings. The molecule has 0 aromatic heterocycles. The topological polar surface area (TPSA) is 169 Å². The van der Waals surface area contributed by atoms with Gasteiger partial charge in [0, 0.05) is 67.7 Å². The number of ether oxygens (including phenoxy) is 9. The summed E-state index contributed by atoms with van der Waals surface area (Å²) in [5.41, 5.74) is 6.06. The second-order valence-electron chi connectivity index (χ2n) is 19.6. The van der Waals surface area contributed by atoms with Crippen LogP contribution in [0.4, 0.5) is 11.4 Å². The number of likely N-dealkylation sites (N-methyl/N-ethyl adjacent to an activating group) is 1. The number of thioether (sulfide) groups is 1. The highest BCUT2D eigenvalue weighted by Crippen LogP contribution is 2.41. The number of fused-ring (bicyclic) bond motifs is 4. The number of Topliss-reactive ketones (excluding diaryl/α,β-unsaturated/α-hetero) is 1. The average molecular weight is 1050 g/mol. The molecular weight excluding hydrogens is 979 g/mol. The maximum Gasteiger partial charge on any atom is 0.257 e. The molecule has 4 aliphatic rings. The lowest BCUT2D eigenvalue weighted by Gasteiger charge is -2.30. The fraction of sp³-hybridized carbons (Fsp3) is 0.526. The monoisotopic (exact) mass is 1050 g/mol. The number of ketones is 1. The Balaban J connectivity index is 0.953. The Hall–Kier alpha value is -5.76. The second kappa shape index (κ2) is 27.9. The molecule has 4 heterocycles. The summed E-state index contributed by atoms with van der Waals surface area (Å²) in [6.07, 6.45) is 9.79. The Morgan fingerprint density at radius 3 is 1.61 bits per heavy atom. The van der Waals surface area contributed by atoms with E-state index in [0.29, 0.717) is 137 Å². The molecule has 0 spiro atoms. The number of methoxy groups -OCH3 is 2. The number of amides is 2. The molecule has 7 rings (SSSR count).